The second-order valence-corrected chi connectivity index (χ2v) is 6.30. The Hall–Kier alpha value is -0.170. The van der Waals surface area contributed by atoms with E-state index in [1.54, 1.807) is 7.11 Å². The molecule has 0 aliphatic heterocycles. The Bertz CT molecular complexity index is 278. The van der Waals surface area contributed by atoms with Crippen LogP contribution in [0, 0.1) is 0 Å². The standard InChI is InChI=1S/C11H26N2O3S/c1-5-6-12-7-10-17(14,15)13(11(2)3)8-9-16-4/h11-12H,5-10H2,1-4H3. The molecule has 0 aromatic carbocycles. The van der Waals surface area contributed by atoms with Gasteiger partial charge in [0, 0.05) is 26.2 Å². The lowest BCUT2D eigenvalue weighted by Crippen LogP contribution is -2.42. The lowest BCUT2D eigenvalue weighted by Gasteiger charge is -2.25. The van der Waals surface area contributed by atoms with Gasteiger partial charge in [-0.15, -0.1) is 0 Å². The molecule has 0 saturated heterocycles. The van der Waals surface area contributed by atoms with Crippen LogP contribution in [0.25, 0.3) is 0 Å². The fourth-order valence-corrected chi connectivity index (χ4v) is 3.15. The Balaban J connectivity index is 4.29. The van der Waals surface area contributed by atoms with E-state index in [0.29, 0.717) is 19.7 Å². The quantitative estimate of drug-likeness (QED) is 0.591. The van der Waals surface area contributed by atoms with E-state index < -0.39 is 10.0 Å². The van der Waals surface area contributed by atoms with Gasteiger partial charge in [-0.25, -0.2) is 8.42 Å². The first-order valence-electron chi connectivity index (χ1n) is 6.14. The summed E-state index contributed by atoms with van der Waals surface area (Å²) in [4.78, 5) is 0. The maximum absolute atomic E-state index is 12.1. The number of ether oxygens (including phenoxy) is 1. The van der Waals surface area contributed by atoms with Crippen molar-refractivity contribution in [3.05, 3.63) is 0 Å². The van der Waals surface area contributed by atoms with Crippen molar-refractivity contribution in [2.45, 2.75) is 33.2 Å². The third kappa shape index (κ3) is 6.98. The van der Waals surface area contributed by atoms with Gasteiger partial charge >= 0.3 is 0 Å². The van der Waals surface area contributed by atoms with Gasteiger partial charge in [-0.1, -0.05) is 6.92 Å². The van der Waals surface area contributed by atoms with Gasteiger partial charge < -0.3 is 10.1 Å². The molecule has 0 bridgehead atoms. The van der Waals surface area contributed by atoms with Crippen LogP contribution in [0.1, 0.15) is 27.2 Å². The summed E-state index contributed by atoms with van der Waals surface area (Å²) in [5.41, 5.74) is 0. The zero-order valence-electron chi connectivity index (χ0n) is 11.4. The van der Waals surface area contributed by atoms with E-state index in [9.17, 15) is 8.42 Å². The monoisotopic (exact) mass is 266 g/mol. The van der Waals surface area contributed by atoms with Gasteiger partial charge in [-0.3, -0.25) is 0 Å². The van der Waals surface area contributed by atoms with Crippen LogP contribution in [0.2, 0.25) is 0 Å². The van der Waals surface area contributed by atoms with Gasteiger partial charge in [-0.05, 0) is 26.8 Å². The van der Waals surface area contributed by atoms with Crippen molar-refractivity contribution >= 4 is 10.0 Å². The molecule has 0 atom stereocenters. The number of methoxy groups -OCH3 is 1. The molecule has 17 heavy (non-hydrogen) atoms. The highest BCUT2D eigenvalue weighted by atomic mass is 32.2. The van der Waals surface area contributed by atoms with Crippen LogP contribution in [0.3, 0.4) is 0 Å². The summed E-state index contributed by atoms with van der Waals surface area (Å²) < 4.78 is 30.6. The fraction of sp³-hybridized carbons (Fsp3) is 1.00. The lowest BCUT2D eigenvalue weighted by molar-refractivity contribution is 0.171. The normalized spacial score (nSPS) is 12.6. The van der Waals surface area contributed by atoms with E-state index in [2.05, 4.69) is 12.2 Å². The fourth-order valence-electron chi connectivity index (χ4n) is 1.52. The predicted octanol–water partition coefficient (Wildman–Crippen LogP) is 0.673. The number of sulfonamides is 1. The smallest absolute Gasteiger partial charge is 0.215 e. The molecule has 0 rings (SSSR count). The Labute approximate surface area is 106 Å². The van der Waals surface area contributed by atoms with E-state index in [1.165, 1.54) is 4.31 Å². The van der Waals surface area contributed by atoms with Gasteiger partial charge in [-0.2, -0.15) is 4.31 Å². The molecule has 5 nitrogen and oxygen atoms in total. The van der Waals surface area contributed by atoms with Crippen molar-refractivity contribution < 1.29 is 13.2 Å². The van der Waals surface area contributed by atoms with Gasteiger partial charge in [0.15, 0.2) is 0 Å². The maximum Gasteiger partial charge on any atom is 0.215 e. The molecule has 0 saturated carbocycles. The summed E-state index contributed by atoms with van der Waals surface area (Å²) in [5, 5.41) is 3.10. The van der Waals surface area contributed by atoms with E-state index >= 15 is 0 Å². The van der Waals surface area contributed by atoms with Crippen molar-refractivity contribution in [1.29, 1.82) is 0 Å². The minimum Gasteiger partial charge on any atom is -0.383 e. The van der Waals surface area contributed by atoms with Crippen molar-refractivity contribution in [1.82, 2.24) is 9.62 Å². The first-order chi connectivity index (χ1) is 7.95. The Kier molecular flexibility index (Phi) is 8.77. The topological polar surface area (TPSA) is 58.6 Å². The predicted molar refractivity (Wildman–Crippen MR) is 70.7 cm³/mol. The second-order valence-electron chi connectivity index (χ2n) is 4.26. The molecular formula is C11H26N2O3S. The Morgan fingerprint density at radius 2 is 1.94 bits per heavy atom. The summed E-state index contributed by atoms with van der Waals surface area (Å²) in [6.07, 6.45) is 1.01. The third-order valence-electron chi connectivity index (χ3n) is 2.41. The van der Waals surface area contributed by atoms with Crippen LogP contribution >= 0.6 is 0 Å². The maximum atomic E-state index is 12.1. The van der Waals surface area contributed by atoms with Crippen molar-refractivity contribution in [3.63, 3.8) is 0 Å². The molecule has 1 N–H and O–H groups in total. The molecule has 0 radical (unpaired) electrons. The first kappa shape index (κ1) is 16.8. The molecule has 104 valence electrons. The molecule has 0 fully saturated rings. The summed E-state index contributed by atoms with van der Waals surface area (Å²) >= 11 is 0. The molecular weight excluding hydrogens is 240 g/mol. The largest absolute Gasteiger partial charge is 0.383 e. The second kappa shape index (κ2) is 8.85. The van der Waals surface area contributed by atoms with Crippen LogP contribution < -0.4 is 5.32 Å². The minimum absolute atomic E-state index is 0.0266. The molecule has 0 aliphatic rings. The van der Waals surface area contributed by atoms with Gasteiger partial charge in [0.25, 0.3) is 0 Å². The summed E-state index contributed by atoms with van der Waals surface area (Å²) in [5.74, 6) is 0.148. The summed E-state index contributed by atoms with van der Waals surface area (Å²) in [6, 6.07) is -0.0266. The molecule has 0 unspecified atom stereocenters. The highest BCUT2D eigenvalue weighted by Crippen LogP contribution is 2.06. The lowest BCUT2D eigenvalue weighted by atomic mass is 10.4. The Morgan fingerprint density at radius 1 is 1.29 bits per heavy atom. The van der Waals surface area contributed by atoms with Crippen LogP contribution in [-0.2, 0) is 14.8 Å². The number of hydrogen-bond acceptors (Lipinski definition) is 4. The van der Waals surface area contributed by atoms with E-state index in [0.717, 1.165) is 13.0 Å². The average molecular weight is 266 g/mol. The number of nitrogens with zero attached hydrogens (tertiary/aromatic N) is 1. The molecule has 0 aliphatic carbocycles. The van der Waals surface area contributed by atoms with E-state index in [4.69, 9.17) is 4.74 Å². The zero-order chi connectivity index (χ0) is 13.3. The van der Waals surface area contributed by atoms with Gasteiger partial charge in [0.1, 0.15) is 0 Å². The summed E-state index contributed by atoms with van der Waals surface area (Å²) in [7, 11) is -1.61. The first-order valence-corrected chi connectivity index (χ1v) is 7.75. The van der Waals surface area contributed by atoms with Crippen molar-refractivity contribution in [3.8, 4) is 0 Å². The Morgan fingerprint density at radius 3 is 2.41 bits per heavy atom. The number of rotatable bonds is 10. The highest BCUT2D eigenvalue weighted by molar-refractivity contribution is 7.89. The van der Waals surface area contributed by atoms with Crippen LogP contribution in [0.5, 0.6) is 0 Å². The molecule has 0 aromatic rings. The summed E-state index contributed by atoms with van der Waals surface area (Å²) in [6.45, 7) is 8.03. The molecule has 0 heterocycles. The van der Waals surface area contributed by atoms with Crippen LogP contribution in [0.4, 0.5) is 0 Å². The zero-order valence-corrected chi connectivity index (χ0v) is 12.2. The average Bonchev–Trinajstić information content (AvgIpc) is 2.24. The van der Waals surface area contributed by atoms with Crippen molar-refractivity contribution in [2.24, 2.45) is 0 Å². The van der Waals surface area contributed by atoms with Crippen LogP contribution in [-0.4, -0.2) is 57.9 Å². The highest BCUT2D eigenvalue weighted by Gasteiger charge is 2.23. The SMILES string of the molecule is CCCNCCS(=O)(=O)N(CCOC)C(C)C. The minimum atomic E-state index is -3.18. The van der Waals surface area contributed by atoms with Crippen LogP contribution in [0.15, 0.2) is 0 Å². The molecule has 0 amide bonds. The van der Waals surface area contributed by atoms with E-state index in [1.807, 2.05) is 13.8 Å². The van der Waals surface area contributed by atoms with Gasteiger partial charge in [0.2, 0.25) is 10.0 Å². The molecule has 6 heteroatoms. The van der Waals surface area contributed by atoms with Crippen molar-refractivity contribution in [2.75, 3.05) is 39.1 Å². The number of hydrogen-bond donors (Lipinski definition) is 1. The van der Waals surface area contributed by atoms with Gasteiger partial charge in [0.05, 0.1) is 12.4 Å². The molecule has 0 aromatic heterocycles. The number of nitrogens with one attached hydrogen (secondary N) is 1. The molecule has 0 spiro atoms. The van der Waals surface area contributed by atoms with E-state index in [-0.39, 0.29) is 11.8 Å². The third-order valence-corrected chi connectivity index (χ3v) is 4.45.